The van der Waals surface area contributed by atoms with Crippen LogP contribution in [0.1, 0.15) is 46.0 Å². The van der Waals surface area contributed by atoms with Gasteiger partial charge < -0.3 is 19.5 Å². The van der Waals surface area contributed by atoms with Crippen molar-refractivity contribution >= 4 is 5.97 Å². The smallest absolute Gasteiger partial charge is 0.326 e. The average molecular weight is 301 g/mol. The Morgan fingerprint density at radius 1 is 1.24 bits per heavy atom. The summed E-state index contributed by atoms with van der Waals surface area (Å²) < 4.78 is 15.9. The summed E-state index contributed by atoms with van der Waals surface area (Å²) in [6.07, 6.45) is 4.88. The molecular formula is C16H31NO4. The SMILES string of the molecule is CCCNC1(C(=O)OC)CCCC1CCOCCOCC. The summed E-state index contributed by atoms with van der Waals surface area (Å²) in [6.45, 7) is 7.58. The van der Waals surface area contributed by atoms with Crippen molar-refractivity contribution in [3.05, 3.63) is 0 Å². The van der Waals surface area contributed by atoms with Crippen LogP contribution in [0.15, 0.2) is 0 Å². The van der Waals surface area contributed by atoms with E-state index in [9.17, 15) is 4.79 Å². The Morgan fingerprint density at radius 3 is 2.67 bits per heavy atom. The lowest BCUT2D eigenvalue weighted by Gasteiger charge is -2.34. The van der Waals surface area contributed by atoms with Gasteiger partial charge in [-0.2, -0.15) is 0 Å². The van der Waals surface area contributed by atoms with Gasteiger partial charge in [0, 0.05) is 13.2 Å². The number of nitrogens with one attached hydrogen (secondary N) is 1. The molecule has 0 aromatic carbocycles. The molecule has 5 nitrogen and oxygen atoms in total. The largest absolute Gasteiger partial charge is 0.468 e. The lowest BCUT2D eigenvalue weighted by Crippen LogP contribution is -2.55. The summed E-state index contributed by atoms with van der Waals surface area (Å²) in [5.74, 6) is 0.177. The lowest BCUT2D eigenvalue weighted by molar-refractivity contribution is -0.150. The average Bonchev–Trinajstić information content (AvgIpc) is 2.92. The van der Waals surface area contributed by atoms with E-state index in [0.29, 0.717) is 25.7 Å². The molecule has 1 aliphatic carbocycles. The van der Waals surface area contributed by atoms with Gasteiger partial charge in [0.05, 0.1) is 20.3 Å². The Balaban J connectivity index is 2.47. The Bertz CT molecular complexity index is 298. The zero-order valence-corrected chi connectivity index (χ0v) is 13.8. The van der Waals surface area contributed by atoms with Gasteiger partial charge in [0.15, 0.2) is 0 Å². The zero-order chi connectivity index (χ0) is 15.6. The zero-order valence-electron chi connectivity index (χ0n) is 13.8. The molecule has 1 rings (SSSR count). The Labute approximate surface area is 128 Å². The molecule has 5 heteroatoms. The summed E-state index contributed by atoms with van der Waals surface area (Å²) in [7, 11) is 1.48. The molecule has 1 N–H and O–H groups in total. The second-order valence-corrected chi connectivity index (χ2v) is 5.58. The Morgan fingerprint density at radius 2 is 2.00 bits per heavy atom. The monoisotopic (exact) mass is 301 g/mol. The van der Waals surface area contributed by atoms with Crippen LogP contribution in [0.3, 0.4) is 0 Å². The molecule has 2 atom stereocenters. The van der Waals surface area contributed by atoms with Crippen LogP contribution in [0.25, 0.3) is 0 Å². The molecule has 0 aromatic rings. The van der Waals surface area contributed by atoms with Gasteiger partial charge in [0.1, 0.15) is 5.54 Å². The Hall–Kier alpha value is -0.650. The number of esters is 1. The summed E-state index contributed by atoms with van der Waals surface area (Å²) in [5.41, 5.74) is -0.506. The third kappa shape index (κ3) is 5.24. The summed E-state index contributed by atoms with van der Waals surface area (Å²) >= 11 is 0. The van der Waals surface area contributed by atoms with Gasteiger partial charge >= 0.3 is 5.97 Å². The molecule has 1 fully saturated rings. The molecule has 0 aromatic heterocycles. The number of carbonyl (C=O) groups excluding carboxylic acids is 1. The second kappa shape index (κ2) is 10.1. The van der Waals surface area contributed by atoms with Crippen LogP contribution < -0.4 is 5.32 Å². The third-order valence-electron chi connectivity index (χ3n) is 4.25. The molecule has 0 heterocycles. The van der Waals surface area contributed by atoms with Crippen molar-refractivity contribution in [1.82, 2.24) is 5.32 Å². The van der Waals surface area contributed by atoms with Crippen molar-refractivity contribution in [2.45, 2.75) is 51.5 Å². The quantitative estimate of drug-likeness (QED) is 0.468. The van der Waals surface area contributed by atoms with Crippen molar-refractivity contribution in [1.29, 1.82) is 0 Å². The van der Waals surface area contributed by atoms with Crippen LogP contribution in [0, 0.1) is 5.92 Å². The molecule has 1 aliphatic rings. The van der Waals surface area contributed by atoms with E-state index >= 15 is 0 Å². The van der Waals surface area contributed by atoms with Crippen molar-refractivity contribution in [2.75, 3.05) is 40.1 Å². The van der Waals surface area contributed by atoms with E-state index in [2.05, 4.69) is 12.2 Å². The standard InChI is InChI=1S/C16H31NO4/c1-4-10-17-16(15(18)19-3)9-6-7-14(16)8-11-21-13-12-20-5-2/h14,17H,4-13H2,1-3H3. The highest BCUT2D eigenvalue weighted by Gasteiger charge is 2.49. The highest BCUT2D eigenvalue weighted by molar-refractivity contribution is 5.81. The van der Waals surface area contributed by atoms with Gasteiger partial charge in [0.2, 0.25) is 0 Å². The Kier molecular flexibility index (Phi) is 8.88. The molecule has 0 spiro atoms. The number of ether oxygens (including phenoxy) is 3. The molecule has 0 aliphatic heterocycles. The highest BCUT2D eigenvalue weighted by atomic mass is 16.5. The van der Waals surface area contributed by atoms with Gasteiger partial charge in [-0.15, -0.1) is 0 Å². The highest BCUT2D eigenvalue weighted by Crippen LogP contribution is 2.39. The lowest BCUT2D eigenvalue weighted by atomic mass is 9.84. The van der Waals surface area contributed by atoms with Gasteiger partial charge in [-0.05, 0) is 45.1 Å². The van der Waals surface area contributed by atoms with Crippen LogP contribution in [0.2, 0.25) is 0 Å². The number of rotatable bonds is 11. The molecule has 21 heavy (non-hydrogen) atoms. The number of methoxy groups -OCH3 is 1. The second-order valence-electron chi connectivity index (χ2n) is 5.58. The van der Waals surface area contributed by atoms with Crippen LogP contribution >= 0.6 is 0 Å². The van der Waals surface area contributed by atoms with Crippen LogP contribution in [-0.2, 0) is 19.0 Å². The first kappa shape index (κ1) is 18.4. The molecule has 124 valence electrons. The minimum absolute atomic E-state index is 0.118. The first-order chi connectivity index (χ1) is 10.2. The maximum Gasteiger partial charge on any atom is 0.326 e. The summed E-state index contributed by atoms with van der Waals surface area (Å²) in [5, 5.41) is 3.45. The van der Waals surface area contributed by atoms with Crippen molar-refractivity contribution < 1.29 is 19.0 Å². The van der Waals surface area contributed by atoms with Gasteiger partial charge in [0.25, 0.3) is 0 Å². The van der Waals surface area contributed by atoms with E-state index in [1.165, 1.54) is 7.11 Å². The van der Waals surface area contributed by atoms with Crippen LogP contribution in [0.5, 0.6) is 0 Å². The summed E-state index contributed by atoms with van der Waals surface area (Å²) in [4.78, 5) is 12.3. The van der Waals surface area contributed by atoms with Gasteiger partial charge in [-0.3, -0.25) is 4.79 Å². The maximum atomic E-state index is 12.3. The number of hydrogen-bond donors (Lipinski definition) is 1. The molecule has 0 radical (unpaired) electrons. The fraction of sp³-hybridized carbons (Fsp3) is 0.938. The molecular weight excluding hydrogens is 270 g/mol. The van der Waals surface area contributed by atoms with E-state index in [0.717, 1.165) is 45.3 Å². The molecule has 2 unspecified atom stereocenters. The molecule has 0 saturated heterocycles. The van der Waals surface area contributed by atoms with Crippen LogP contribution in [0.4, 0.5) is 0 Å². The predicted molar refractivity (Wildman–Crippen MR) is 82.3 cm³/mol. The maximum absolute atomic E-state index is 12.3. The normalized spacial score (nSPS) is 25.2. The van der Waals surface area contributed by atoms with Crippen molar-refractivity contribution in [2.24, 2.45) is 5.92 Å². The van der Waals surface area contributed by atoms with E-state index in [4.69, 9.17) is 14.2 Å². The van der Waals surface area contributed by atoms with Crippen molar-refractivity contribution in [3.63, 3.8) is 0 Å². The number of hydrogen-bond acceptors (Lipinski definition) is 5. The topological polar surface area (TPSA) is 56.8 Å². The fourth-order valence-electron chi connectivity index (χ4n) is 3.16. The minimum atomic E-state index is -0.506. The van der Waals surface area contributed by atoms with E-state index < -0.39 is 5.54 Å². The van der Waals surface area contributed by atoms with E-state index in [-0.39, 0.29) is 5.97 Å². The van der Waals surface area contributed by atoms with Crippen molar-refractivity contribution in [3.8, 4) is 0 Å². The molecule has 0 amide bonds. The van der Waals surface area contributed by atoms with Gasteiger partial charge in [-0.1, -0.05) is 13.3 Å². The van der Waals surface area contributed by atoms with E-state index in [1.54, 1.807) is 0 Å². The molecule has 0 bridgehead atoms. The van der Waals surface area contributed by atoms with Gasteiger partial charge in [-0.25, -0.2) is 0 Å². The minimum Gasteiger partial charge on any atom is -0.468 e. The third-order valence-corrected chi connectivity index (χ3v) is 4.25. The van der Waals surface area contributed by atoms with Crippen LogP contribution in [-0.4, -0.2) is 51.6 Å². The first-order valence-electron chi connectivity index (χ1n) is 8.20. The first-order valence-corrected chi connectivity index (χ1v) is 8.20. The van der Waals surface area contributed by atoms with E-state index in [1.807, 2.05) is 6.92 Å². The number of carbonyl (C=O) groups is 1. The fourth-order valence-corrected chi connectivity index (χ4v) is 3.16. The summed E-state index contributed by atoms with van der Waals surface area (Å²) in [6, 6.07) is 0. The molecule has 1 saturated carbocycles. The predicted octanol–water partition coefficient (Wildman–Crippen LogP) is 2.14.